The predicted octanol–water partition coefficient (Wildman–Crippen LogP) is 21.4. The quantitative estimate of drug-likeness (QED) is 0.0420. The average molecular weight is 981 g/mol. The highest BCUT2D eigenvalue weighted by atomic mass is 16.3. The molecule has 0 saturated carbocycles. The van der Waals surface area contributed by atoms with Gasteiger partial charge < -0.3 is 15.5 Å². The lowest BCUT2D eigenvalue weighted by molar-refractivity contribution is -0.123. The summed E-state index contributed by atoms with van der Waals surface area (Å²) in [5.74, 6) is -0.0688. The molecule has 0 aliphatic rings. The topological polar surface area (TPSA) is 69.6 Å². The second-order valence-electron chi connectivity index (χ2n) is 21.8. The van der Waals surface area contributed by atoms with E-state index in [9.17, 15) is 15.0 Å². The van der Waals surface area contributed by atoms with Gasteiger partial charge in [0.2, 0.25) is 5.91 Å². The van der Waals surface area contributed by atoms with E-state index in [0.717, 1.165) is 38.5 Å². The zero-order chi connectivity index (χ0) is 50.6. The second-order valence-corrected chi connectivity index (χ2v) is 21.8. The molecule has 0 bridgehead atoms. The van der Waals surface area contributed by atoms with Crippen molar-refractivity contribution in [2.45, 2.75) is 360 Å². The molecular formula is C66H125NO3. The van der Waals surface area contributed by atoms with Crippen LogP contribution in [0.5, 0.6) is 0 Å². The number of allylic oxidation sites excluding steroid dienone is 7. The lowest BCUT2D eigenvalue weighted by Gasteiger charge is -2.19. The standard InChI is InChI=1S/C66H125NO3/c1-3-5-7-9-11-13-15-17-19-21-23-25-27-28-29-30-31-32-33-34-35-36-37-38-40-42-44-46-48-50-52-54-56-58-60-62-66(70)67-64(63-68)65(69)61-59-57-55-53-51-49-47-45-43-41-39-26-24-22-20-18-16-14-12-10-8-6-4-2/h27-28,30-31,51,53,59,61,64-65,68-69H,3-26,29,32-50,52,54-58,60,62-63H2,1-2H3,(H,67,70)/b28-27-,31-30-,53-51+,61-59+. The molecule has 0 aliphatic heterocycles. The van der Waals surface area contributed by atoms with E-state index in [4.69, 9.17) is 0 Å². The van der Waals surface area contributed by atoms with Crippen LogP contribution in [0.4, 0.5) is 0 Å². The minimum Gasteiger partial charge on any atom is -0.394 e. The van der Waals surface area contributed by atoms with Gasteiger partial charge in [-0.15, -0.1) is 0 Å². The Morgan fingerprint density at radius 1 is 0.343 bits per heavy atom. The van der Waals surface area contributed by atoms with Gasteiger partial charge in [-0.25, -0.2) is 0 Å². The van der Waals surface area contributed by atoms with Crippen LogP contribution in [0.2, 0.25) is 0 Å². The summed E-state index contributed by atoms with van der Waals surface area (Å²) >= 11 is 0. The smallest absolute Gasteiger partial charge is 0.220 e. The molecule has 0 aromatic carbocycles. The molecular weight excluding hydrogens is 855 g/mol. The number of hydrogen-bond acceptors (Lipinski definition) is 3. The SMILES string of the molecule is CCCCCCCCCCCCC/C=C\C/C=C\CCCCCCCCCCCCCCCCCCCC(=O)NC(CO)C(O)/C=C/CC/C=C/CCCCCCCCCCCCCCCCCCC. The first-order valence-corrected chi connectivity index (χ1v) is 31.9. The summed E-state index contributed by atoms with van der Waals surface area (Å²) in [5, 5.41) is 23.2. The van der Waals surface area contributed by atoms with Crippen LogP contribution in [0, 0.1) is 0 Å². The Kier molecular flexibility index (Phi) is 60.2. The van der Waals surface area contributed by atoms with Gasteiger partial charge in [-0.2, -0.15) is 0 Å². The third-order valence-corrected chi connectivity index (χ3v) is 14.8. The summed E-state index contributed by atoms with van der Waals surface area (Å²) in [6.45, 7) is 4.33. The molecule has 4 heteroatoms. The molecule has 3 N–H and O–H groups in total. The number of nitrogens with one attached hydrogen (secondary N) is 1. The molecule has 2 atom stereocenters. The number of rotatable bonds is 59. The third kappa shape index (κ3) is 57.3. The zero-order valence-electron chi connectivity index (χ0n) is 47.6. The molecule has 0 rings (SSSR count). The first kappa shape index (κ1) is 68.4. The molecule has 0 heterocycles. The highest BCUT2D eigenvalue weighted by Crippen LogP contribution is 2.18. The van der Waals surface area contributed by atoms with Crippen molar-refractivity contribution in [2.24, 2.45) is 0 Å². The van der Waals surface area contributed by atoms with Crippen molar-refractivity contribution in [2.75, 3.05) is 6.61 Å². The van der Waals surface area contributed by atoms with Crippen LogP contribution in [0.15, 0.2) is 48.6 Å². The Morgan fingerprint density at radius 3 is 0.914 bits per heavy atom. The van der Waals surface area contributed by atoms with Crippen LogP contribution < -0.4 is 5.32 Å². The fourth-order valence-corrected chi connectivity index (χ4v) is 9.94. The maximum atomic E-state index is 12.5. The number of aliphatic hydroxyl groups is 2. The monoisotopic (exact) mass is 980 g/mol. The van der Waals surface area contributed by atoms with E-state index < -0.39 is 12.1 Å². The van der Waals surface area contributed by atoms with Gasteiger partial charge in [0.15, 0.2) is 0 Å². The van der Waals surface area contributed by atoms with E-state index in [-0.39, 0.29) is 12.5 Å². The van der Waals surface area contributed by atoms with Crippen molar-refractivity contribution in [1.82, 2.24) is 5.32 Å². The van der Waals surface area contributed by atoms with Gasteiger partial charge in [-0.3, -0.25) is 4.79 Å². The fraction of sp³-hybridized carbons (Fsp3) is 0.864. The fourth-order valence-electron chi connectivity index (χ4n) is 9.94. The molecule has 4 nitrogen and oxygen atoms in total. The maximum absolute atomic E-state index is 12.5. The van der Waals surface area contributed by atoms with Gasteiger partial charge in [0.1, 0.15) is 0 Å². The summed E-state index contributed by atoms with van der Waals surface area (Å²) in [4.78, 5) is 12.5. The molecule has 0 aliphatic carbocycles. The number of carbonyl (C=O) groups is 1. The van der Waals surface area contributed by atoms with Crippen molar-refractivity contribution in [3.8, 4) is 0 Å². The highest BCUT2D eigenvalue weighted by molar-refractivity contribution is 5.76. The first-order chi connectivity index (χ1) is 34.7. The van der Waals surface area contributed by atoms with Gasteiger partial charge in [-0.05, 0) is 64.2 Å². The molecule has 0 fully saturated rings. The number of unbranched alkanes of at least 4 members (excludes halogenated alkanes) is 46. The number of carbonyl (C=O) groups excluding carboxylic acids is 1. The summed E-state index contributed by atoms with van der Waals surface area (Å²) in [5.41, 5.74) is 0. The Labute approximate surface area is 439 Å². The second kappa shape index (κ2) is 61.6. The zero-order valence-corrected chi connectivity index (χ0v) is 47.6. The van der Waals surface area contributed by atoms with Crippen molar-refractivity contribution < 1.29 is 15.0 Å². The van der Waals surface area contributed by atoms with E-state index in [1.807, 2.05) is 6.08 Å². The molecule has 0 saturated heterocycles. The van der Waals surface area contributed by atoms with Gasteiger partial charge in [0.05, 0.1) is 18.8 Å². The van der Waals surface area contributed by atoms with Crippen LogP contribution in [0.25, 0.3) is 0 Å². The van der Waals surface area contributed by atoms with E-state index in [0.29, 0.717) is 6.42 Å². The lowest BCUT2D eigenvalue weighted by Crippen LogP contribution is -2.45. The largest absolute Gasteiger partial charge is 0.394 e. The lowest BCUT2D eigenvalue weighted by atomic mass is 10.0. The van der Waals surface area contributed by atoms with E-state index in [2.05, 4.69) is 55.6 Å². The minimum absolute atomic E-state index is 0.0688. The van der Waals surface area contributed by atoms with E-state index in [1.165, 1.54) is 289 Å². The van der Waals surface area contributed by atoms with Crippen LogP contribution >= 0.6 is 0 Å². The van der Waals surface area contributed by atoms with Crippen LogP contribution in [-0.4, -0.2) is 34.9 Å². The highest BCUT2D eigenvalue weighted by Gasteiger charge is 2.18. The number of amides is 1. The van der Waals surface area contributed by atoms with Crippen LogP contribution in [0.1, 0.15) is 348 Å². The molecule has 0 aromatic heterocycles. The molecule has 70 heavy (non-hydrogen) atoms. The third-order valence-electron chi connectivity index (χ3n) is 14.8. The normalized spacial score (nSPS) is 13.0. The molecule has 0 spiro atoms. The summed E-state index contributed by atoms with van der Waals surface area (Å²) < 4.78 is 0. The van der Waals surface area contributed by atoms with Crippen molar-refractivity contribution in [3.05, 3.63) is 48.6 Å². The van der Waals surface area contributed by atoms with Crippen molar-refractivity contribution in [3.63, 3.8) is 0 Å². The van der Waals surface area contributed by atoms with Crippen LogP contribution in [-0.2, 0) is 4.79 Å². The Bertz CT molecular complexity index is 1110. The van der Waals surface area contributed by atoms with Crippen LogP contribution in [0.3, 0.4) is 0 Å². The minimum atomic E-state index is -0.863. The summed E-state index contributed by atoms with van der Waals surface area (Å²) in [6, 6.07) is -0.640. The predicted molar refractivity (Wildman–Crippen MR) is 313 cm³/mol. The Hall–Kier alpha value is -1.65. The van der Waals surface area contributed by atoms with Crippen molar-refractivity contribution >= 4 is 5.91 Å². The molecule has 2 unspecified atom stereocenters. The molecule has 0 aromatic rings. The van der Waals surface area contributed by atoms with Gasteiger partial charge in [0.25, 0.3) is 0 Å². The average Bonchev–Trinajstić information content (AvgIpc) is 3.36. The number of aliphatic hydroxyl groups excluding tert-OH is 2. The van der Waals surface area contributed by atoms with Gasteiger partial charge in [-0.1, -0.05) is 326 Å². The Morgan fingerprint density at radius 2 is 0.600 bits per heavy atom. The molecule has 0 radical (unpaired) electrons. The Balaban J connectivity index is 3.47. The first-order valence-electron chi connectivity index (χ1n) is 31.9. The van der Waals surface area contributed by atoms with E-state index in [1.54, 1.807) is 6.08 Å². The summed E-state index contributed by atoms with van der Waals surface area (Å²) in [6.07, 6.45) is 86.0. The number of hydrogen-bond donors (Lipinski definition) is 3. The van der Waals surface area contributed by atoms with Crippen molar-refractivity contribution in [1.29, 1.82) is 0 Å². The maximum Gasteiger partial charge on any atom is 0.220 e. The van der Waals surface area contributed by atoms with E-state index >= 15 is 0 Å². The van der Waals surface area contributed by atoms with Gasteiger partial charge in [0, 0.05) is 6.42 Å². The molecule has 412 valence electrons. The van der Waals surface area contributed by atoms with Gasteiger partial charge >= 0.3 is 0 Å². The summed E-state index contributed by atoms with van der Waals surface area (Å²) in [7, 11) is 0. The molecule has 1 amide bonds.